The van der Waals surface area contributed by atoms with Gasteiger partial charge in [-0.25, -0.2) is 5.43 Å². The molecule has 0 fully saturated rings. The van der Waals surface area contributed by atoms with Crippen molar-refractivity contribution in [2.24, 2.45) is 5.10 Å². The van der Waals surface area contributed by atoms with Gasteiger partial charge in [0.05, 0.1) is 11.5 Å². The Balaban J connectivity index is 1.52. The normalized spacial score (nSPS) is 14.3. The third-order valence-corrected chi connectivity index (χ3v) is 4.90. The van der Waals surface area contributed by atoms with Gasteiger partial charge >= 0.3 is 0 Å². The van der Waals surface area contributed by atoms with Gasteiger partial charge in [0.1, 0.15) is 13.2 Å². The van der Waals surface area contributed by atoms with Gasteiger partial charge in [-0.3, -0.25) is 4.79 Å². The van der Waals surface area contributed by atoms with E-state index >= 15 is 0 Å². The molecule has 1 amide bonds. The molecule has 1 N–H and O–H groups in total. The average Bonchev–Trinajstić information content (AvgIpc) is 2.67. The van der Waals surface area contributed by atoms with E-state index in [1.165, 1.54) is 5.56 Å². The van der Waals surface area contributed by atoms with Gasteiger partial charge < -0.3 is 9.47 Å². The zero-order valence-electron chi connectivity index (χ0n) is 14.0. The first kappa shape index (κ1) is 17.4. The van der Waals surface area contributed by atoms with Crippen LogP contribution in [0.15, 0.2) is 53.6 Å². The van der Waals surface area contributed by atoms with Crippen molar-refractivity contribution >= 4 is 23.9 Å². The molecule has 0 saturated heterocycles. The second-order valence-corrected chi connectivity index (χ2v) is 6.87. The predicted molar refractivity (Wildman–Crippen MR) is 100 cm³/mol. The Labute approximate surface area is 151 Å². The Kier molecular flexibility index (Phi) is 5.95. The minimum absolute atomic E-state index is 0.126. The highest BCUT2D eigenvalue weighted by Crippen LogP contribution is 2.32. The van der Waals surface area contributed by atoms with Crippen molar-refractivity contribution in [2.75, 3.05) is 13.2 Å². The number of hydrogen-bond acceptors (Lipinski definition) is 5. The minimum Gasteiger partial charge on any atom is -0.486 e. The van der Waals surface area contributed by atoms with Crippen LogP contribution in [0.3, 0.4) is 0 Å². The molecule has 0 aromatic heterocycles. The van der Waals surface area contributed by atoms with Gasteiger partial charge in [-0.15, -0.1) is 11.8 Å². The molecule has 1 atom stereocenters. The minimum atomic E-state index is -0.193. The molecule has 1 aliphatic heterocycles. The Morgan fingerprint density at radius 2 is 2.00 bits per heavy atom. The molecule has 6 heteroatoms. The summed E-state index contributed by atoms with van der Waals surface area (Å²) in [6.45, 7) is 2.93. The lowest BCUT2D eigenvalue weighted by atomic mass is 10.2. The lowest BCUT2D eigenvalue weighted by molar-refractivity contribution is -0.120. The van der Waals surface area contributed by atoms with Crippen molar-refractivity contribution in [1.29, 1.82) is 0 Å². The fourth-order valence-electron chi connectivity index (χ4n) is 2.33. The molecule has 1 heterocycles. The SMILES string of the molecule is C[C@H](SCc1ccccc1)C(=O)N/N=C\c1cccc2c1OCCO2. The summed E-state index contributed by atoms with van der Waals surface area (Å²) >= 11 is 1.58. The zero-order valence-corrected chi connectivity index (χ0v) is 14.8. The van der Waals surface area contributed by atoms with E-state index in [0.29, 0.717) is 24.7 Å². The number of ether oxygens (including phenoxy) is 2. The van der Waals surface area contributed by atoms with Gasteiger partial charge in [0.2, 0.25) is 0 Å². The molecule has 130 valence electrons. The van der Waals surface area contributed by atoms with Crippen LogP contribution >= 0.6 is 11.8 Å². The summed E-state index contributed by atoms with van der Waals surface area (Å²) < 4.78 is 11.1. The van der Waals surface area contributed by atoms with Crippen molar-refractivity contribution in [3.8, 4) is 11.5 Å². The van der Waals surface area contributed by atoms with Gasteiger partial charge in [0.25, 0.3) is 5.91 Å². The fraction of sp³-hybridized carbons (Fsp3) is 0.263. The first-order valence-corrected chi connectivity index (χ1v) is 9.16. The topological polar surface area (TPSA) is 59.9 Å². The molecule has 2 aromatic carbocycles. The average molecular weight is 356 g/mol. The van der Waals surface area contributed by atoms with Crippen LogP contribution in [-0.2, 0) is 10.5 Å². The maximum Gasteiger partial charge on any atom is 0.252 e. The first-order valence-electron chi connectivity index (χ1n) is 8.11. The van der Waals surface area contributed by atoms with Crippen LogP contribution in [0.2, 0.25) is 0 Å². The summed E-state index contributed by atoms with van der Waals surface area (Å²) in [6.07, 6.45) is 1.58. The zero-order chi connectivity index (χ0) is 17.5. The molecule has 0 bridgehead atoms. The Bertz CT molecular complexity index is 750. The molecule has 25 heavy (non-hydrogen) atoms. The second kappa shape index (κ2) is 8.58. The largest absolute Gasteiger partial charge is 0.486 e. The lowest BCUT2D eigenvalue weighted by Gasteiger charge is -2.19. The quantitative estimate of drug-likeness (QED) is 0.638. The number of thioether (sulfide) groups is 1. The van der Waals surface area contributed by atoms with E-state index in [1.807, 2.05) is 43.3 Å². The van der Waals surface area contributed by atoms with Crippen molar-refractivity contribution < 1.29 is 14.3 Å². The molecular weight excluding hydrogens is 336 g/mol. The summed E-state index contributed by atoms with van der Waals surface area (Å²) in [7, 11) is 0. The smallest absolute Gasteiger partial charge is 0.252 e. The number of nitrogens with zero attached hydrogens (tertiary/aromatic N) is 1. The highest BCUT2D eigenvalue weighted by atomic mass is 32.2. The van der Waals surface area contributed by atoms with Crippen LogP contribution in [0.25, 0.3) is 0 Å². The Hall–Kier alpha value is -2.47. The maximum atomic E-state index is 12.1. The van der Waals surface area contributed by atoms with E-state index in [9.17, 15) is 4.79 Å². The number of rotatable bonds is 6. The van der Waals surface area contributed by atoms with Crippen molar-refractivity contribution in [3.63, 3.8) is 0 Å². The molecule has 0 spiro atoms. The van der Waals surface area contributed by atoms with Crippen LogP contribution in [-0.4, -0.2) is 30.6 Å². The first-order chi connectivity index (χ1) is 12.2. The van der Waals surface area contributed by atoms with E-state index in [1.54, 1.807) is 18.0 Å². The summed E-state index contributed by atoms with van der Waals surface area (Å²) in [4.78, 5) is 12.1. The van der Waals surface area contributed by atoms with Gasteiger partial charge in [0.15, 0.2) is 11.5 Å². The van der Waals surface area contributed by atoms with E-state index in [-0.39, 0.29) is 11.2 Å². The monoisotopic (exact) mass is 356 g/mol. The van der Waals surface area contributed by atoms with E-state index in [0.717, 1.165) is 11.3 Å². The number of hydrazone groups is 1. The highest BCUT2D eigenvalue weighted by molar-refractivity contribution is 7.99. The summed E-state index contributed by atoms with van der Waals surface area (Å²) in [5, 5.41) is 3.86. The van der Waals surface area contributed by atoms with Crippen molar-refractivity contribution in [3.05, 3.63) is 59.7 Å². The van der Waals surface area contributed by atoms with Gasteiger partial charge in [-0.2, -0.15) is 5.10 Å². The number of hydrogen-bond donors (Lipinski definition) is 1. The van der Waals surface area contributed by atoms with E-state index < -0.39 is 0 Å². The van der Waals surface area contributed by atoms with Gasteiger partial charge in [-0.1, -0.05) is 36.4 Å². The summed E-state index contributed by atoms with van der Waals surface area (Å²) in [5.74, 6) is 2.03. The predicted octanol–water partition coefficient (Wildman–Crippen LogP) is 3.23. The number of carbonyl (C=O) groups is 1. The lowest BCUT2D eigenvalue weighted by Crippen LogP contribution is -2.27. The molecule has 0 saturated carbocycles. The molecule has 5 nitrogen and oxygen atoms in total. The number of carbonyl (C=O) groups excluding carboxylic acids is 1. The Morgan fingerprint density at radius 1 is 1.20 bits per heavy atom. The number of nitrogens with one attached hydrogen (secondary N) is 1. The third kappa shape index (κ3) is 4.76. The highest BCUT2D eigenvalue weighted by Gasteiger charge is 2.15. The number of fused-ring (bicyclic) bond motifs is 1. The molecule has 1 aliphatic rings. The Morgan fingerprint density at radius 3 is 2.84 bits per heavy atom. The third-order valence-electron chi connectivity index (χ3n) is 3.69. The van der Waals surface area contributed by atoms with Crippen LogP contribution in [0.1, 0.15) is 18.1 Å². The van der Waals surface area contributed by atoms with E-state index in [4.69, 9.17) is 9.47 Å². The van der Waals surface area contributed by atoms with Crippen LogP contribution in [0.5, 0.6) is 11.5 Å². The standard InChI is InChI=1S/C19H20N2O3S/c1-14(25-13-15-6-3-2-4-7-15)19(22)21-20-12-16-8-5-9-17-18(16)24-11-10-23-17/h2-9,12,14H,10-11,13H2,1H3,(H,21,22)/b20-12-/t14-/m0/s1. The molecule has 0 radical (unpaired) electrons. The molecule has 2 aromatic rings. The van der Waals surface area contributed by atoms with Crippen LogP contribution in [0, 0.1) is 0 Å². The van der Waals surface area contributed by atoms with Gasteiger partial charge in [0, 0.05) is 11.3 Å². The molecule has 3 rings (SSSR count). The van der Waals surface area contributed by atoms with Gasteiger partial charge in [-0.05, 0) is 24.6 Å². The summed E-state index contributed by atoms with van der Waals surface area (Å²) in [5.41, 5.74) is 4.56. The van der Waals surface area contributed by atoms with E-state index in [2.05, 4.69) is 22.7 Å². The fourth-order valence-corrected chi connectivity index (χ4v) is 3.16. The summed E-state index contributed by atoms with van der Waals surface area (Å²) in [6, 6.07) is 15.7. The second-order valence-electron chi connectivity index (χ2n) is 5.54. The molecular formula is C19H20N2O3S. The van der Waals surface area contributed by atoms with Crippen molar-refractivity contribution in [2.45, 2.75) is 17.9 Å². The van der Waals surface area contributed by atoms with Crippen LogP contribution < -0.4 is 14.9 Å². The van der Waals surface area contributed by atoms with Crippen LogP contribution in [0.4, 0.5) is 0 Å². The number of amides is 1. The maximum absolute atomic E-state index is 12.1. The number of benzene rings is 2. The molecule has 0 unspecified atom stereocenters. The number of para-hydroxylation sites is 1. The van der Waals surface area contributed by atoms with Crippen molar-refractivity contribution in [1.82, 2.24) is 5.43 Å². The molecule has 0 aliphatic carbocycles.